The molecule has 0 bridgehead atoms. The number of fused-ring (bicyclic) bond motifs is 1. The molecule has 0 unspecified atom stereocenters. The zero-order valence-electron chi connectivity index (χ0n) is 22.3. The van der Waals surface area contributed by atoms with Gasteiger partial charge < -0.3 is 26.7 Å². The van der Waals surface area contributed by atoms with Crippen molar-refractivity contribution in [1.29, 1.82) is 0 Å². The molecule has 0 aliphatic rings. The number of nitrogens with one attached hydrogen (secondary N) is 4. The van der Waals surface area contributed by atoms with Crippen LogP contribution in [-0.4, -0.2) is 36.0 Å². The molecule has 0 saturated heterocycles. The fourth-order valence-electron chi connectivity index (χ4n) is 4.41. The van der Waals surface area contributed by atoms with E-state index in [1.807, 2.05) is 6.07 Å². The van der Waals surface area contributed by atoms with Gasteiger partial charge in [0, 0.05) is 58.2 Å². The van der Waals surface area contributed by atoms with Crippen LogP contribution in [0.3, 0.4) is 0 Å². The Morgan fingerprint density at radius 3 is 2.25 bits per heavy atom. The van der Waals surface area contributed by atoms with Gasteiger partial charge in [0.15, 0.2) is 5.96 Å². The van der Waals surface area contributed by atoms with E-state index in [0.717, 1.165) is 41.7 Å². The van der Waals surface area contributed by atoms with Gasteiger partial charge in [-0.05, 0) is 70.4 Å². The number of guanidine groups is 1. The highest BCUT2D eigenvalue weighted by Crippen LogP contribution is 2.29. The summed E-state index contributed by atoms with van der Waals surface area (Å²) in [6.45, 7) is 10.5. The van der Waals surface area contributed by atoms with Gasteiger partial charge in [0.2, 0.25) is 0 Å². The summed E-state index contributed by atoms with van der Waals surface area (Å²) in [5.74, 6) is 0.628. The maximum absolute atomic E-state index is 12.7. The van der Waals surface area contributed by atoms with Crippen LogP contribution in [0.25, 0.3) is 16.6 Å². The van der Waals surface area contributed by atoms with E-state index in [9.17, 15) is 4.79 Å². The van der Waals surface area contributed by atoms with Gasteiger partial charge in [0.25, 0.3) is 5.91 Å². The van der Waals surface area contributed by atoms with E-state index >= 15 is 0 Å². The van der Waals surface area contributed by atoms with Crippen molar-refractivity contribution in [3.8, 4) is 0 Å². The second kappa shape index (κ2) is 12.3. The number of carbonyl (C=O) groups is 1. The maximum atomic E-state index is 12.7. The number of aromatic nitrogens is 1. The monoisotopic (exact) mass is 488 g/mol. The highest BCUT2D eigenvalue weighted by molar-refractivity contribution is 5.99. The number of nitrogens with zero attached hydrogens (tertiary/aromatic N) is 1. The smallest absolute Gasteiger partial charge is 0.251 e. The van der Waals surface area contributed by atoms with Gasteiger partial charge in [-0.3, -0.25) is 9.79 Å². The third-order valence-corrected chi connectivity index (χ3v) is 6.51. The molecule has 0 fully saturated rings. The van der Waals surface area contributed by atoms with Crippen molar-refractivity contribution in [3.63, 3.8) is 0 Å². The third-order valence-electron chi connectivity index (χ3n) is 6.51. The summed E-state index contributed by atoms with van der Waals surface area (Å²) in [7, 11) is 1.78. The number of nitrogen functional groups attached to an aromatic ring is 1. The van der Waals surface area contributed by atoms with Crippen LogP contribution >= 0.6 is 0 Å². The Morgan fingerprint density at radius 1 is 1.00 bits per heavy atom. The molecule has 1 aromatic heterocycles. The Balaban J connectivity index is 1.72. The van der Waals surface area contributed by atoms with Crippen molar-refractivity contribution in [1.82, 2.24) is 20.9 Å². The highest BCUT2D eigenvalue weighted by atomic mass is 16.1. The molecule has 0 saturated carbocycles. The van der Waals surface area contributed by atoms with E-state index in [-0.39, 0.29) is 18.0 Å². The molecule has 1 amide bonds. The number of aliphatic imine (C=N–C) groups is 1. The van der Waals surface area contributed by atoms with E-state index in [1.54, 1.807) is 31.3 Å². The number of hydrogen-bond acceptors (Lipinski definition) is 3. The minimum absolute atomic E-state index is 0.0318. The van der Waals surface area contributed by atoms with Crippen LogP contribution < -0.4 is 21.7 Å². The molecule has 192 valence electrons. The summed E-state index contributed by atoms with van der Waals surface area (Å²) in [5.41, 5.74) is 12.6. The molecule has 0 aliphatic heterocycles. The van der Waals surface area contributed by atoms with E-state index in [0.29, 0.717) is 17.2 Å². The molecule has 2 atom stereocenters. The molecule has 3 aromatic rings. The third kappa shape index (κ3) is 6.47. The van der Waals surface area contributed by atoms with Crippen LogP contribution in [0.1, 0.15) is 68.6 Å². The average molecular weight is 489 g/mol. The molecule has 1 heterocycles. The summed E-state index contributed by atoms with van der Waals surface area (Å²) in [6, 6.07) is 15.5. The Labute approximate surface area is 214 Å². The summed E-state index contributed by atoms with van der Waals surface area (Å²) in [6.07, 6.45) is 2.51. The number of aryl methyl sites for hydroxylation is 1. The van der Waals surface area contributed by atoms with Gasteiger partial charge in [0.1, 0.15) is 0 Å². The van der Waals surface area contributed by atoms with E-state index < -0.39 is 0 Å². The molecule has 0 radical (unpaired) electrons. The molecule has 6 N–H and O–H groups in total. The summed E-state index contributed by atoms with van der Waals surface area (Å²) in [4.78, 5) is 20.8. The standard InChI is InChI=1S/C29H40N6O/c1-7-22(33-28(36)20-13-15-21(30)16-14-20)17-23(8-2)34-29(31-6)35-27(18(3)4)26-19(5)32-25-12-10-9-11-24(25)26/h9-16,22-23,32H,7-8,17,30H2,1-6H3,(H,33,36)(H2,31,34,35)/t22-,23+/m0/s1. The number of para-hydroxylation sites is 1. The van der Waals surface area contributed by atoms with Crippen LogP contribution in [0, 0.1) is 6.92 Å². The number of aromatic amines is 1. The quantitative estimate of drug-likeness (QED) is 0.159. The molecule has 7 nitrogen and oxygen atoms in total. The number of nitrogens with two attached hydrogens (primary N) is 1. The number of carbonyl (C=O) groups excluding carboxylic acids is 1. The lowest BCUT2D eigenvalue weighted by atomic mass is 10.0. The molecular formula is C29H40N6O. The lowest BCUT2D eigenvalue weighted by Gasteiger charge is -2.26. The van der Waals surface area contributed by atoms with Crippen LogP contribution in [0.15, 0.2) is 59.1 Å². The van der Waals surface area contributed by atoms with Crippen LogP contribution in [0.5, 0.6) is 0 Å². The Bertz CT molecular complexity index is 1230. The van der Waals surface area contributed by atoms with Gasteiger partial charge in [-0.25, -0.2) is 0 Å². The Kier molecular flexibility index (Phi) is 9.17. The number of benzene rings is 2. The summed E-state index contributed by atoms with van der Waals surface area (Å²) >= 11 is 0. The second-order valence-corrected chi connectivity index (χ2v) is 9.43. The number of anilines is 1. The summed E-state index contributed by atoms with van der Waals surface area (Å²) < 4.78 is 0. The van der Waals surface area contributed by atoms with Crippen LogP contribution in [0.4, 0.5) is 5.69 Å². The number of hydrogen-bond donors (Lipinski definition) is 5. The minimum Gasteiger partial charge on any atom is -0.399 e. The molecule has 7 heteroatoms. The number of allylic oxidation sites excluding steroid dienone is 1. The van der Waals surface area contributed by atoms with Crippen LogP contribution in [0.2, 0.25) is 0 Å². The molecule has 3 rings (SSSR count). The predicted molar refractivity (Wildman–Crippen MR) is 152 cm³/mol. The van der Waals surface area contributed by atoms with Gasteiger partial charge in [0.05, 0.1) is 0 Å². The van der Waals surface area contributed by atoms with E-state index in [4.69, 9.17) is 5.73 Å². The maximum Gasteiger partial charge on any atom is 0.251 e. The fraction of sp³-hybridized carbons (Fsp3) is 0.379. The van der Waals surface area contributed by atoms with Crippen molar-refractivity contribution in [2.24, 2.45) is 4.99 Å². The Hall–Kier alpha value is -3.74. The van der Waals surface area contributed by atoms with E-state index in [2.05, 4.69) is 78.7 Å². The largest absolute Gasteiger partial charge is 0.399 e. The first-order chi connectivity index (χ1) is 17.3. The number of amides is 1. The molecule has 0 spiro atoms. The average Bonchev–Trinajstić information content (AvgIpc) is 3.20. The number of H-pyrrole nitrogens is 1. The lowest BCUT2D eigenvalue weighted by molar-refractivity contribution is 0.0932. The topological polar surface area (TPSA) is 107 Å². The SMILES string of the molecule is CC[C@@H](C[C@@H](CC)NC(=NC)NC(=C(C)C)c1c(C)[nH]c2ccccc12)NC(=O)c1ccc(N)cc1. The molecule has 2 aromatic carbocycles. The van der Waals surface area contributed by atoms with Crippen molar-refractivity contribution < 1.29 is 4.79 Å². The molecule has 36 heavy (non-hydrogen) atoms. The van der Waals surface area contributed by atoms with Gasteiger partial charge in [-0.2, -0.15) is 0 Å². The Morgan fingerprint density at radius 2 is 1.64 bits per heavy atom. The number of rotatable bonds is 9. The second-order valence-electron chi connectivity index (χ2n) is 9.43. The highest BCUT2D eigenvalue weighted by Gasteiger charge is 2.20. The van der Waals surface area contributed by atoms with Gasteiger partial charge >= 0.3 is 0 Å². The summed E-state index contributed by atoms with van der Waals surface area (Å²) in [5, 5.41) is 11.5. The van der Waals surface area contributed by atoms with Crippen LogP contribution in [-0.2, 0) is 0 Å². The molecular weight excluding hydrogens is 448 g/mol. The normalized spacial score (nSPS) is 13.2. The first-order valence-corrected chi connectivity index (χ1v) is 12.7. The van der Waals surface area contributed by atoms with Gasteiger partial charge in [-0.1, -0.05) is 37.6 Å². The van der Waals surface area contributed by atoms with Gasteiger partial charge in [-0.15, -0.1) is 0 Å². The van der Waals surface area contributed by atoms with Crippen molar-refractivity contribution in [2.75, 3.05) is 12.8 Å². The van der Waals surface area contributed by atoms with Crippen molar-refractivity contribution in [3.05, 3.63) is 70.9 Å². The first-order valence-electron chi connectivity index (χ1n) is 12.7. The first kappa shape index (κ1) is 26.9. The zero-order valence-corrected chi connectivity index (χ0v) is 22.3. The fourth-order valence-corrected chi connectivity index (χ4v) is 4.41. The lowest BCUT2D eigenvalue weighted by Crippen LogP contribution is -2.46. The minimum atomic E-state index is -0.0825. The van der Waals surface area contributed by atoms with Crippen molar-refractivity contribution >= 4 is 34.2 Å². The van der Waals surface area contributed by atoms with Crippen molar-refractivity contribution in [2.45, 2.75) is 66.0 Å². The van der Waals surface area contributed by atoms with E-state index in [1.165, 1.54) is 11.0 Å². The predicted octanol–water partition coefficient (Wildman–Crippen LogP) is 5.35. The zero-order chi connectivity index (χ0) is 26.2. The molecule has 0 aliphatic carbocycles.